The number of benzene rings is 1. The Kier molecular flexibility index (Phi) is 3.24. The van der Waals surface area contributed by atoms with Gasteiger partial charge in [0.25, 0.3) is 5.91 Å². The van der Waals surface area contributed by atoms with Gasteiger partial charge in [-0.05, 0) is 40.8 Å². The van der Waals surface area contributed by atoms with Crippen molar-refractivity contribution in [2.75, 3.05) is 0 Å². The lowest BCUT2D eigenvalue weighted by Gasteiger charge is -2.02. The molecule has 1 aromatic rings. The van der Waals surface area contributed by atoms with Gasteiger partial charge in [-0.1, -0.05) is 6.07 Å². The molecule has 0 heterocycles. The third-order valence-electron chi connectivity index (χ3n) is 1.34. The molecule has 0 aromatic heterocycles. The van der Waals surface area contributed by atoms with Crippen molar-refractivity contribution in [3.8, 4) is 0 Å². The maximum absolute atomic E-state index is 11.3. The first-order chi connectivity index (χ1) is 6.09. The lowest BCUT2D eigenvalue weighted by molar-refractivity contribution is 0.0976. The Morgan fingerprint density at radius 3 is 2.77 bits per heavy atom. The Hall–Kier alpha value is -1.11. The molecule has 1 amide bonds. The second-order valence-electron chi connectivity index (χ2n) is 2.38. The van der Waals surface area contributed by atoms with Gasteiger partial charge in [-0.15, -0.1) is 0 Å². The van der Waals surface area contributed by atoms with E-state index in [1.807, 2.05) is 6.07 Å². The molecule has 0 spiro atoms. The van der Waals surface area contributed by atoms with Crippen molar-refractivity contribution in [1.82, 2.24) is 5.32 Å². The van der Waals surface area contributed by atoms with Gasteiger partial charge in [-0.3, -0.25) is 15.5 Å². The Labute approximate surface area is 89.2 Å². The first-order valence-corrected chi connectivity index (χ1v) is 4.58. The molecule has 4 nitrogen and oxygen atoms in total. The number of amides is 1. The van der Waals surface area contributed by atoms with Crippen LogP contribution in [0.1, 0.15) is 10.4 Å². The average Bonchev–Trinajstić information content (AvgIpc) is 2.03. The van der Waals surface area contributed by atoms with Crippen molar-refractivity contribution in [3.05, 3.63) is 33.4 Å². The zero-order valence-corrected chi connectivity index (χ0v) is 8.83. The normalized spacial score (nSPS) is 9.31. The Morgan fingerprint density at radius 2 is 2.23 bits per heavy atom. The molecule has 4 N–H and O–H groups in total. The quantitative estimate of drug-likeness (QED) is 0.408. The van der Waals surface area contributed by atoms with Crippen molar-refractivity contribution in [3.63, 3.8) is 0 Å². The summed E-state index contributed by atoms with van der Waals surface area (Å²) < 4.78 is 0.966. The molecule has 0 aliphatic heterocycles. The van der Waals surface area contributed by atoms with Gasteiger partial charge in [0.2, 0.25) is 0 Å². The molecule has 68 valence electrons. The summed E-state index contributed by atoms with van der Waals surface area (Å²) in [5.41, 5.74) is 5.52. The Bertz CT molecular complexity index is 351. The molecule has 13 heavy (non-hydrogen) atoms. The monoisotopic (exact) mass is 289 g/mol. The number of carbonyl (C=O) groups is 1. The fourth-order valence-electron chi connectivity index (χ4n) is 0.824. The molecular weight excluding hydrogens is 281 g/mol. The average molecular weight is 289 g/mol. The first-order valence-electron chi connectivity index (χ1n) is 3.50. The summed E-state index contributed by atoms with van der Waals surface area (Å²) in [7, 11) is 0. The van der Waals surface area contributed by atoms with Gasteiger partial charge in [0, 0.05) is 9.13 Å². The van der Waals surface area contributed by atoms with Crippen LogP contribution in [0.5, 0.6) is 0 Å². The maximum Gasteiger partial charge on any atom is 0.257 e. The van der Waals surface area contributed by atoms with E-state index in [1.165, 1.54) is 0 Å². The van der Waals surface area contributed by atoms with Crippen LogP contribution >= 0.6 is 22.6 Å². The number of halogens is 1. The third-order valence-corrected chi connectivity index (χ3v) is 2.01. The van der Waals surface area contributed by atoms with Gasteiger partial charge in [-0.2, -0.15) is 0 Å². The molecule has 1 rings (SSSR count). The number of carbonyl (C=O) groups excluding carboxylic acids is 1. The molecule has 0 saturated carbocycles. The first kappa shape index (κ1) is 9.97. The molecule has 0 radical (unpaired) electrons. The summed E-state index contributed by atoms with van der Waals surface area (Å²) in [6, 6.07) is 7.04. The van der Waals surface area contributed by atoms with Crippen LogP contribution in [0.15, 0.2) is 24.3 Å². The van der Waals surface area contributed by atoms with Gasteiger partial charge in [0.05, 0.1) is 0 Å². The van der Waals surface area contributed by atoms with Crippen LogP contribution in [0.3, 0.4) is 0 Å². The summed E-state index contributed by atoms with van der Waals surface area (Å²) in [5.74, 6) is -0.699. The highest BCUT2D eigenvalue weighted by Gasteiger charge is 2.05. The minimum Gasteiger partial charge on any atom is -0.370 e. The molecule has 0 saturated heterocycles. The summed E-state index contributed by atoms with van der Waals surface area (Å²) >= 11 is 2.11. The second-order valence-corrected chi connectivity index (χ2v) is 3.62. The predicted molar refractivity (Wildman–Crippen MR) is 58.5 cm³/mol. The summed E-state index contributed by atoms with van der Waals surface area (Å²) in [4.78, 5) is 11.3. The highest BCUT2D eigenvalue weighted by Crippen LogP contribution is 2.07. The van der Waals surface area contributed by atoms with Crippen LogP contribution in [0.2, 0.25) is 0 Å². The van der Waals surface area contributed by atoms with E-state index in [4.69, 9.17) is 11.1 Å². The lowest BCUT2D eigenvalue weighted by atomic mass is 10.2. The van der Waals surface area contributed by atoms with Crippen LogP contribution in [0, 0.1) is 8.98 Å². The smallest absolute Gasteiger partial charge is 0.257 e. The van der Waals surface area contributed by atoms with Crippen LogP contribution in [0.4, 0.5) is 0 Å². The lowest BCUT2D eigenvalue weighted by Crippen LogP contribution is -2.35. The molecule has 0 bridgehead atoms. The van der Waals surface area contributed by atoms with Crippen LogP contribution < -0.4 is 11.1 Å². The van der Waals surface area contributed by atoms with E-state index in [9.17, 15) is 4.79 Å². The third kappa shape index (κ3) is 3.02. The van der Waals surface area contributed by atoms with Crippen molar-refractivity contribution in [1.29, 1.82) is 5.41 Å². The van der Waals surface area contributed by atoms with E-state index >= 15 is 0 Å². The number of nitrogens with one attached hydrogen (secondary N) is 2. The van der Waals surface area contributed by atoms with E-state index in [0.29, 0.717) is 5.56 Å². The topological polar surface area (TPSA) is 79.0 Å². The van der Waals surface area contributed by atoms with Gasteiger partial charge in [0.1, 0.15) is 0 Å². The van der Waals surface area contributed by atoms with Crippen molar-refractivity contribution in [2.45, 2.75) is 0 Å². The number of rotatable bonds is 1. The summed E-state index contributed by atoms with van der Waals surface area (Å²) in [6.45, 7) is 0. The van der Waals surface area contributed by atoms with Crippen LogP contribution in [-0.4, -0.2) is 11.9 Å². The highest BCUT2D eigenvalue weighted by atomic mass is 127. The van der Waals surface area contributed by atoms with Crippen molar-refractivity contribution < 1.29 is 4.79 Å². The molecule has 5 heteroatoms. The van der Waals surface area contributed by atoms with E-state index in [0.717, 1.165) is 3.57 Å². The number of hydrogen-bond acceptors (Lipinski definition) is 2. The summed E-state index contributed by atoms with van der Waals surface area (Å²) in [6.07, 6.45) is 0. The van der Waals surface area contributed by atoms with E-state index in [1.54, 1.807) is 18.2 Å². The van der Waals surface area contributed by atoms with Crippen molar-refractivity contribution >= 4 is 34.5 Å². The molecule has 0 unspecified atom stereocenters. The zero-order chi connectivity index (χ0) is 9.84. The van der Waals surface area contributed by atoms with Crippen LogP contribution in [0.25, 0.3) is 0 Å². The SMILES string of the molecule is N=C(N)NC(=O)c1cccc(I)c1. The van der Waals surface area contributed by atoms with E-state index in [2.05, 4.69) is 27.9 Å². The van der Waals surface area contributed by atoms with Crippen molar-refractivity contribution in [2.24, 2.45) is 5.73 Å². The molecular formula is C8H8IN3O. The number of nitrogens with two attached hydrogens (primary N) is 1. The van der Waals surface area contributed by atoms with Gasteiger partial charge < -0.3 is 5.73 Å². The van der Waals surface area contributed by atoms with Gasteiger partial charge in [0.15, 0.2) is 5.96 Å². The highest BCUT2D eigenvalue weighted by molar-refractivity contribution is 14.1. The Balaban J connectivity index is 2.83. The standard InChI is InChI=1S/C8H8IN3O/c9-6-3-1-2-5(4-6)7(13)12-8(10)11/h1-4H,(H4,10,11,12,13). The number of guanidine groups is 1. The minimum absolute atomic E-state index is 0.344. The number of hydrogen-bond donors (Lipinski definition) is 3. The fraction of sp³-hybridized carbons (Fsp3) is 0. The zero-order valence-electron chi connectivity index (χ0n) is 6.67. The van der Waals surface area contributed by atoms with Gasteiger partial charge in [-0.25, -0.2) is 0 Å². The molecule has 0 aliphatic rings. The molecule has 0 fully saturated rings. The van der Waals surface area contributed by atoms with E-state index < -0.39 is 0 Å². The Morgan fingerprint density at radius 1 is 1.54 bits per heavy atom. The van der Waals surface area contributed by atoms with Crippen LogP contribution in [-0.2, 0) is 0 Å². The summed E-state index contributed by atoms with van der Waals surface area (Å²) in [5, 5.41) is 9.08. The minimum atomic E-state index is -0.356. The van der Waals surface area contributed by atoms with Gasteiger partial charge >= 0.3 is 0 Å². The fourth-order valence-corrected chi connectivity index (χ4v) is 1.37. The largest absolute Gasteiger partial charge is 0.370 e. The maximum atomic E-state index is 11.3. The molecule has 1 aromatic carbocycles. The molecule has 0 atom stereocenters. The van der Waals surface area contributed by atoms with E-state index in [-0.39, 0.29) is 11.9 Å². The molecule has 0 aliphatic carbocycles. The predicted octanol–water partition coefficient (Wildman–Crippen LogP) is 0.914. The second kappa shape index (κ2) is 4.22.